The van der Waals surface area contributed by atoms with Gasteiger partial charge in [-0.05, 0) is 38.1 Å². The molecular formula is C22H22O7. The summed E-state index contributed by atoms with van der Waals surface area (Å²) >= 11 is 0. The number of carbonyl (C=O) groups excluding carboxylic acids is 2. The van der Waals surface area contributed by atoms with Crippen molar-refractivity contribution in [3.8, 4) is 23.0 Å². The Morgan fingerprint density at radius 1 is 1.21 bits per heavy atom. The highest BCUT2D eigenvalue weighted by molar-refractivity contribution is 6.14. The summed E-state index contributed by atoms with van der Waals surface area (Å²) in [6.07, 6.45) is 0.705. The quantitative estimate of drug-likeness (QED) is 0.520. The maximum Gasteiger partial charge on any atom is 0.346 e. The van der Waals surface area contributed by atoms with Gasteiger partial charge >= 0.3 is 5.97 Å². The number of ketones is 1. The van der Waals surface area contributed by atoms with Gasteiger partial charge < -0.3 is 23.7 Å². The molecule has 0 bridgehead atoms. The maximum absolute atomic E-state index is 12.7. The molecule has 7 nitrogen and oxygen atoms in total. The minimum absolute atomic E-state index is 0.137. The molecule has 152 valence electrons. The van der Waals surface area contributed by atoms with Gasteiger partial charge in [0, 0.05) is 11.6 Å². The third-order valence-electron chi connectivity index (χ3n) is 4.30. The van der Waals surface area contributed by atoms with E-state index in [1.807, 2.05) is 6.92 Å². The van der Waals surface area contributed by atoms with E-state index in [4.69, 9.17) is 23.7 Å². The predicted molar refractivity (Wildman–Crippen MR) is 106 cm³/mol. The first-order chi connectivity index (χ1) is 14.0. The van der Waals surface area contributed by atoms with Gasteiger partial charge in [0.1, 0.15) is 11.5 Å². The summed E-state index contributed by atoms with van der Waals surface area (Å²) in [6, 6.07) is 10.2. The van der Waals surface area contributed by atoms with Crippen molar-refractivity contribution in [1.82, 2.24) is 0 Å². The van der Waals surface area contributed by atoms with E-state index in [0.717, 1.165) is 0 Å². The van der Waals surface area contributed by atoms with Crippen molar-refractivity contribution in [1.29, 1.82) is 0 Å². The summed E-state index contributed by atoms with van der Waals surface area (Å²) in [5.74, 6) is 1.14. The molecule has 0 saturated carbocycles. The lowest BCUT2D eigenvalue weighted by Gasteiger charge is -2.18. The monoisotopic (exact) mass is 398 g/mol. The van der Waals surface area contributed by atoms with Crippen molar-refractivity contribution in [2.24, 2.45) is 0 Å². The lowest BCUT2D eigenvalue weighted by molar-refractivity contribution is -0.147. The summed E-state index contributed by atoms with van der Waals surface area (Å²) < 4.78 is 27.1. The Hall–Kier alpha value is -3.48. The molecule has 1 aliphatic heterocycles. The fourth-order valence-corrected chi connectivity index (χ4v) is 2.87. The third-order valence-corrected chi connectivity index (χ3v) is 4.30. The lowest BCUT2D eigenvalue weighted by atomic mass is 10.1. The third kappa shape index (κ3) is 4.18. The van der Waals surface area contributed by atoms with E-state index < -0.39 is 12.1 Å². The van der Waals surface area contributed by atoms with E-state index in [2.05, 4.69) is 0 Å². The van der Waals surface area contributed by atoms with Crippen LogP contribution in [0, 0.1) is 0 Å². The highest BCUT2D eigenvalue weighted by atomic mass is 16.6. The van der Waals surface area contributed by atoms with Crippen LogP contribution in [0.2, 0.25) is 0 Å². The van der Waals surface area contributed by atoms with Crippen molar-refractivity contribution in [2.45, 2.75) is 20.0 Å². The van der Waals surface area contributed by atoms with E-state index in [0.29, 0.717) is 40.7 Å². The molecule has 1 heterocycles. The Labute approximate surface area is 168 Å². The van der Waals surface area contributed by atoms with Crippen LogP contribution in [0.1, 0.15) is 29.8 Å². The topological polar surface area (TPSA) is 80.3 Å². The molecule has 2 aromatic carbocycles. The summed E-state index contributed by atoms with van der Waals surface area (Å²) in [6.45, 7) is 3.82. The highest BCUT2D eigenvalue weighted by Gasteiger charge is 2.29. The number of rotatable bonds is 7. The molecule has 0 spiro atoms. The van der Waals surface area contributed by atoms with E-state index in [1.165, 1.54) is 7.11 Å². The number of hydrogen-bond acceptors (Lipinski definition) is 7. The number of Topliss-reactive ketones (excluding diaryl/α,β-unsaturated/α-hetero) is 1. The van der Waals surface area contributed by atoms with Crippen LogP contribution in [0.3, 0.4) is 0 Å². The first kappa shape index (κ1) is 20.3. The van der Waals surface area contributed by atoms with Crippen molar-refractivity contribution in [3.63, 3.8) is 0 Å². The zero-order valence-electron chi connectivity index (χ0n) is 16.7. The Balaban J connectivity index is 1.99. The average molecular weight is 398 g/mol. The number of allylic oxidation sites excluding steroid dienone is 1. The second-order valence-corrected chi connectivity index (χ2v) is 6.19. The SMILES string of the molecule is CCOc1cccc(/C=C2\Oc3cc(OC)ccc3C2=O)c1O[C@H](C)C(=O)OC. The Bertz CT molecular complexity index is 962. The molecule has 0 aliphatic carbocycles. The largest absolute Gasteiger partial charge is 0.497 e. The molecule has 0 amide bonds. The zero-order valence-corrected chi connectivity index (χ0v) is 16.7. The van der Waals surface area contributed by atoms with Gasteiger partial charge in [-0.15, -0.1) is 0 Å². The van der Waals surface area contributed by atoms with Crippen LogP contribution in [0.15, 0.2) is 42.2 Å². The molecule has 0 radical (unpaired) electrons. The molecule has 0 unspecified atom stereocenters. The number of fused-ring (bicyclic) bond motifs is 1. The second kappa shape index (κ2) is 8.68. The smallest absolute Gasteiger partial charge is 0.346 e. The standard InChI is InChI=1S/C22H22O7/c1-5-27-17-8-6-7-14(21(17)28-13(2)22(24)26-4)11-19-20(23)16-10-9-15(25-3)12-18(16)29-19/h6-13H,5H2,1-4H3/b19-11-/t13-/m1/s1. The lowest BCUT2D eigenvalue weighted by Crippen LogP contribution is -2.25. The molecule has 7 heteroatoms. The van der Waals surface area contributed by atoms with Crippen LogP contribution >= 0.6 is 0 Å². The van der Waals surface area contributed by atoms with Crippen LogP contribution in [0.4, 0.5) is 0 Å². The molecule has 0 N–H and O–H groups in total. The van der Waals surface area contributed by atoms with Gasteiger partial charge in [-0.25, -0.2) is 4.79 Å². The second-order valence-electron chi connectivity index (χ2n) is 6.19. The molecule has 0 aromatic heterocycles. The molecule has 0 fully saturated rings. The van der Waals surface area contributed by atoms with Crippen molar-refractivity contribution in [2.75, 3.05) is 20.8 Å². The van der Waals surface area contributed by atoms with Gasteiger partial charge in [-0.1, -0.05) is 12.1 Å². The molecule has 29 heavy (non-hydrogen) atoms. The van der Waals surface area contributed by atoms with E-state index >= 15 is 0 Å². The fraction of sp³-hybridized carbons (Fsp3) is 0.273. The van der Waals surface area contributed by atoms with Gasteiger partial charge in [-0.2, -0.15) is 0 Å². The molecule has 2 aromatic rings. The van der Waals surface area contributed by atoms with E-state index in [-0.39, 0.29) is 11.5 Å². The van der Waals surface area contributed by atoms with Crippen LogP contribution < -0.4 is 18.9 Å². The Kier molecular flexibility index (Phi) is 6.07. The van der Waals surface area contributed by atoms with Gasteiger partial charge in [-0.3, -0.25) is 4.79 Å². The number of ether oxygens (including phenoxy) is 5. The molecular weight excluding hydrogens is 376 g/mol. The first-order valence-electron chi connectivity index (χ1n) is 9.11. The van der Waals surface area contributed by atoms with Crippen molar-refractivity contribution < 1.29 is 33.3 Å². The number of esters is 1. The molecule has 0 saturated heterocycles. The summed E-state index contributed by atoms with van der Waals surface area (Å²) in [4.78, 5) is 24.5. The van der Waals surface area contributed by atoms with Gasteiger partial charge in [0.15, 0.2) is 23.4 Å². The number of benzene rings is 2. The minimum Gasteiger partial charge on any atom is -0.497 e. The number of carbonyl (C=O) groups is 2. The fourth-order valence-electron chi connectivity index (χ4n) is 2.87. The predicted octanol–water partition coefficient (Wildman–Crippen LogP) is 3.65. The first-order valence-corrected chi connectivity index (χ1v) is 9.11. The normalized spacial score (nSPS) is 14.8. The Morgan fingerprint density at radius 3 is 2.69 bits per heavy atom. The maximum atomic E-state index is 12.7. The summed E-state index contributed by atoms with van der Waals surface area (Å²) in [7, 11) is 2.83. The number of para-hydroxylation sites is 1. The highest BCUT2D eigenvalue weighted by Crippen LogP contribution is 2.38. The van der Waals surface area contributed by atoms with Crippen LogP contribution in [0.25, 0.3) is 6.08 Å². The van der Waals surface area contributed by atoms with E-state index in [9.17, 15) is 9.59 Å². The number of hydrogen-bond donors (Lipinski definition) is 0. The van der Waals surface area contributed by atoms with Gasteiger partial charge in [0.25, 0.3) is 0 Å². The molecule has 1 aliphatic rings. The molecule has 1 atom stereocenters. The zero-order chi connectivity index (χ0) is 21.0. The summed E-state index contributed by atoms with van der Waals surface area (Å²) in [5.41, 5.74) is 0.984. The minimum atomic E-state index is -0.861. The van der Waals surface area contributed by atoms with Crippen molar-refractivity contribution in [3.05, 3.63) is 53.3 Å². The molecule has 3 rings (SSSR count). The van der Waals surface area contributed by atoms with Gasteiger partial charge in [0.05, 0.1) is 26.4 Å². The van der Waals surface area contributed by atoms with Crippen molar-refractivity contribution >= 4 is 17.8 Å². The van der Waals surface area contributed by atoms with Crippen LogP contribution in [-0.2, 0) is 9.53 Å². The number of methoxy groups -OCH3 is 2. The average Bonchev–Trinajstić information content (AvgIpc) is 3.04. The van der Waals surface area contributed by atoms with Crippen LogP contribution in [-0.4, -0.2) is 38.7 Å². The van der Waals surface area contributed by atoms with Gasteiger partial charge in [0.2, 0.25) is 5.78 Å². The van der Waals surface area contributed by atoms with E-state index in [1.54, 1.807) is 56.5 Å². The Morgan fingerprint density at radius 2 is 2.00 bits per heavy atom. The summed E-state index contributed by atoms with van der Waals surface area (Å²) in [5, 5.41) is 0. The van der Waals surface area contributed by atoms with Crippen LogP contribution in [0.5, 0.6) is 23.0 Å².